The van der Waals surface area contributed by atoms with Crippen LogP contribution in [0.5, 0.6) is 0 Å². The van der Waals surface area contributed by atoms with Crippen LogP contribution in [0.2, 0.25) is 0 Å². The Hall–Kier alpha value is -2.96. The predicted molar refractivity (Wildman–Crippen MR) is 113 cm³/mol. The molecule has 170 valence electrons. The maximum absolute atomic E-state index is 14.5. The first kappa shape index (κ1) is 22.2. The van der Waals surface area contributed by atoms with E-state index in [0.717, 1.165) is 23.5 Å². The van der Waals surface area contributed by atoms with Crippen LogP contribution in [0.25, 0.3) is 10.2 Å². The molecule has 0 radical (unpaired) electrons. The number of benzene rings is 1. The van der Waals surface area contributed by atoms with Gasteiger partial charge in [-0.25, -0.2) is 27.9 Å². The van der Waals surface area contributed by atoms with Gasteiger partial charge in [0.15, 0.2) is 28.4 Å². The molecular weight excluding hydrogens is 447 g/mol. The van der Waals surface area contributed by atoms with Crippen molar-refractivity contribution in [1.29, 1.82) is 0 Å². The molecule has 0 spiro atoms. The summed E-state index contributed by atoms with van der Waals surface area (Å²) >= 11 is 1.04. The molecule has 12 heteroatoms. The molecule has 4 rings (SSSR count). The molecule has 3 N–H and O–H groups in total. The number of hydrogen-bond acceptors (Lipinski definition) is 7. The molecule has 8 nitrogen and oxygen atoms in total. The van der Waals surface area contributed by atoms with E-state index in [4.69, 9.17) is 5.11 Å². The molecule has 1 fully saturated rings. The molecule has 1 aliphatic heterocycles. The fraction of sp³-hybridized carbons (Fsp3) is 0.350. The third-order valence-corrected chi connectivity index (χ3v) is 6.00. The minimum atomic E-state index is -1.00. The number of carbonyl (C=O) groups is 1. The van der Waals surface area contributed by atoms with Crippen molar-refractivity contribution in [2.75, 3.05) is 43.0 Å². The number of aliphatic hydroxyl groups excluding tert-OH is 2. The Kier molecular flexibility index (Phi) is 6.44. The Morgan fingerprint density at radius 3 is 2.53 bits per heavy atom. The van der Waals surface area contributed by atoms with Crippen LogP contribution in [0.15, 0.2) is 24.4 Å². The third-order valence-electron chi connectivity index (χ3n) is 5.07. The van der Waals surface area contributed by atoms with Crippen molar-refractivity contribution >= 4 is 38.5 Å². The Morgan fingerprint density at radius 2 is 1.84 bits per heavy atom. The van der Waals surface area contributed by atoms with Crippen molar-refractivity contribution in [3.8, 4) is 0 Å². The summed E-state index contributed by atoms with van der Waals surface area (Å²) in [6.07, 6.45) is 0.576. The Bertz CT molecular complexity index is 1100. The third kappa shape index (κ3) is 4.76. The van der Waals surface area contributed by atoms with E-state index in [9.17, 15) is 23.1 Å². The predicted octanol–water partition coefficient (Wildman–Crippen LogP) is 2.36. The molecule has 3 heterocycles. The van der Waals surface area contributed by atoms with Crippen molar-refractivity contribution in [3.05, 3.63) is 47.4 Å². The number of nitrogens with zero attached hydrogens (tertiary/aromatic N) is 4. The van der Waals surface area contributed by atoms with Gasteiger partial charge in [-0.05, 0) is 17.7 Å². The summed E-state index contributed by atoms with van der Waals surface area (Å²) in [6, 6.07) is 2.88. The fourth-order valence-electron chi connectivity index (χ4n) is 3.42. The summed E-state index contributed by atoms with van der Waals surface area (Å²) in [6.45, 7) is 0.911. The molecule has 2 amide bonds. The van der Waals surface area contributed by atoms with Gasteiger partial charge in [0.1, 0.15) is 0 Å². The van der Waals surface area contributed by atoms with Gasteiger partial charge in [-0.1, -0.05) is 11.3 Å². The van der Waals surface area contributed by atoms with Crippen molar-refractivity contribution in [1.82, 2.24) is 14.9 Å². The Balaban J connectivity index is 1.36. The van der Waals surface area contributed by atoms with Crippen LogP contribution in [0.3, 0.4) is 0 Å². The average molecular weight is 467 g/mol. The Morgan fingerprint density at radius 1 is 1.12 bits per heavy atom. The number of thiazole rings is 1. The number of aromatic nitrogens is 2. The summed E-state index contributed by atoms with van der Waals surface area (Å²) in [5.74, 6) is -2.37. The second kappa shape index (κ2) is 9.27. The van der Waals surface area contributed by atoms with E-state index in [2.05, 4.69) is 15.3 Å². The monoisotopic (exact) mass is 467 g/mol. The number of anilines is 2. The molecule has 1 atom stereocenters. The van der Waals surface area contributed by atoms with Gasteiger partial charge in [-0.3, -0.25) is 5.32 Å². The SMILES string of the molecule is O=C(Nc1nc2cc(F)c(F)cc2s1)N1CCN(c2ncc(C[C@H](O)CO)cc2F)CC1. The molecule has 0 bridgehead atoms. The highest BCUT2D eigenvalue weighted by Gasteiger charge is 2.25. The molecule has 0 saturated carbocycles. The number of urea groups is 1. The highest BCUT2D eigenvalue weighted by molar-refractivity contribution is 7.22. The molecule has 3 aromatic rings. The normalized spacial score (nSPS) is 15.3. The lowest BCUT2D eigenvalue weighted by Crippen LogP contribution is -2.50. The smallest absolute Gasteiger partial charge is 0.323 e. The topological polar surface area (TPSA) is 102 Å². The number of halogens is 3. The van der Waals surface area contributed by atoms with Gasteiger partial charge in [0.25, 0.3) is 0 Å². The zero-order valence-electron chi connectivity index (χ0n) is 16.8. The number of rotatable bonds is 5. The lowest BCUT2D eigenvalue weighted by atomic mass is 10.1. The highest BCUT2D eigenvalue weighted by Crippen LogP contribution is 2.28. The van der Waals surface area contributed by atoms with E-state index >= 15 is 0 Å². The molecule has 1 aliphatic rings. The van der Waals surface area contributed by atoms with Gasteiger partial charge in [0.2, 0.25) is 0 Å². The fourth-order valence-corrected chi connectivity index (χ4v) is 4.28. The maximum atomic E-state index is 14.5. The van der Waals surface area contributed by atoms with Crippen LogP contribution in [0.4, 0.5) is 28.9 Å². The molecule has 0 unspecified atom stereocenters. The number of fused-ring (bicyclic) bond motifs is 1. The van der Waals surface area contributed by atoms with Crippen LogP contribution in [0, 0.1) is 17.5 Å². The minimum absolute atomic E-state index is 0.0969. The summed E-state index contributed by atoms with van der Waals surface area (Å²) in [5.41, 5.74) is 0.729. The molecule has 0 aliphatic carbocycles. The lowest BCUT2D eigenvalue weighted by Gasteiger charge is -2.35. The standard InChI is InChI=1S/C20H20F3N5O3S/c21-13-7-16-17(8-14(13)22)32-19(25-16)26-20(31)28-3-1-27(2-4-28)18-15(23)6-11(9-24-18)5-12(30)10-29/h6-9,12,29-30H,1-5,10H2,(H,25,26,31)/t12-/m0/s1. The number of hydrogen-bond donors (Lipinski definition) is 3. The van der Waals surface area contributed by atoms with E-state index in [1.165, 1.54) is 17.2 Å². The van der Waals surface area contributed by atoms with Gasteiger partial charge in [-0.2, -0.15) is 0 Å². The number of pyridine rings is 1. The second-order valence-corrected chi connectivity index (χ2v) is 8.38. The van der Waals surface area contributed by atoms with Gasteiger partial charge in [0.05, 0.1) is 22.9 Å². The first-order chi connectivity index (χ1) is 15.3. The van der Waals surface area contributed by atoms with Gasteiger partial charge < -0.3 is 20.0 Å². The van der Waals surface area contributed by atoms with E-state index in [-0.39, 0.29) is 22.9 Å². The summed E-state index contributed by atoms with van der Waals surface area (Å²) < 4.78 is 41.6. The summed E-state index contributed by atoms with van der Waals surface area (Å²) in [4.78, 5) is 24.0. The van der Waals surface area contributed by atoms with Crippen LogP contribution in [-0.2, 0) is 6.42 Å². The molecule has 1 saturated heterocycles. The first-order valence-electron chi connectivity index (χ1n) is 9.84. The largest absolute Gasteiger partial charge is 0.394 e. The number of amides is 2. The zero-order valence-corrected chi connectivity index (χ0v) is 17.6. The molecular formula is C20H20F3N5O3S. The molecule has 2 aromatic heterocycles. The van der Waals surface area contributed by atoms with Crippen LogP contribution >= 0.6 is 11.3 Å². The average Bonchev–Trinajstić information content (AvgIpc) is 3.15. The van der Waals surface area contributed by atoms with E-state index < -0.39 is 36.2 Å². The Labute approximate surface area is 184 Å². The summed E-state index contributed by atoms with van der Waals surface area (Å²) in [5, 5.41) is 21.2. The van der Waals surface area contributed by atoms with E-state index in [0.29, 0.717) is 36.4 Å². The van der Waals surface area contributed by atoms with Crippen molar-refractivity contribution in [2.45, 2.75) is 12.5 Å². The van der Waals surface area contributed by atoms with Crippen LogP contribution in [-0.4, -0.2) is 70.0 Å². The van der Waals surface area contributed by atoms with Crippen molar-refractivity contribution in [2.24, 2.45) is 0 Å². The van der Waals surface area contributed by atoms with E-state index in [1.807, 2.05) is 0 Å². The lowest BCUT2D eigenvalue weighted by molar-refractivity contribution is 0.0954. The zero-order chi connectivity index (χ0) is 22.8. The molecule has 1 aromatic carbocycles. The van der Waals surface area contributed by atoms with E-state index in [1.54, 1.807) is 4.90 Å². The highest BCUT2D eigenvalue weighted by atomic mass is 32.1. The first-order valence-corrected chi connectivity index (χ1v) is 10.7. The number of piperazine rings is 1. The maximum Gasteiger partial charge on any atom is 0.323 e. The second-order valence-electron chi connectivity index (χ2n) is 7.35. The number of nitrogens with one attached hydrogen (secondary N) is 1. The van der Waals surface area contributed by atoms with Crippen LogP contribution < -0.4 is 10.2 Å². The molecule has 32 heavy (non-hydrogen) atoms. The quantitative estimate of drug-likeness (QED) is 0.533. The number of carbonyl (C=O) groups excluding carboxylic acids is 1. The summed E-state index contributed by atoms with van der Waals surface area (Å²) in [7, 11) is 0. The van der Waals surface area contributed by atoms with Crippen LogP contribution in [0.1, 0.15) is 5.56 Å². The minimum Gasteiger partial charge on any atom is -0.394 e. The van der Waals surface area contributed by atoms with Crippen molar-refractivity contribution < 1.29 is 28.2 Å². The van der Waals surface area contributed by atoms with Gasteiger partial charge in [0, 0.05) is 44.9 Å². The van der Waals surface area contributed by atoms with Gasteiger partial charge in [-0.15, -0.1) is 0 Å². The number of aliphatic hydroxyl groups is 2. The van der Waals surface area contributed by atoms with Crippen molar-refractivity contribution in [3.63, 3.8) is 0 Å². The van der Waals surface area contributed by atoms with Gasteiger partial charge >= 0.3 is 6.03 Å².